The first-order chi connectivity index (χ1) is 8.55. The molecule has 0 aliphatic heterocycles. The fraction of sp³-hybridized carbons (Fsp3) is 0.533. The van der Waals surface area contributed by atoms with Crippen molar-refractivity contribution in [3.63, 3.8) is 0 Å². The van der Waals surface area contributed by atoms with Gasteiger partial charge >= 0.3 is 0 Å². The zero-order valence-corrected chi connectivity index (χ0v) is 11.3. The molecule has 1 amide bonds. The molecule has 1 aliphatic carbocycles. The van der Waals surface area contributed by atoms with Gasteiger partial charge in [-0.25, -0.2) is 0 Å². The normalized spacial score (nSPS) is 17.1. The van der Waals surface area contributed by atoms with Crippen LogP contribution in [0.1, 0.15) is 37.3 Å². The Hall–Kier alpha value is -1.35. The highest BCUT2D eigenvalue weighted by Crippen LogP contribution is 2.30. The van der Waals surface area contributed by atoms with Crippen LogP contribution in [0.3, 0.4) is 0 Å². The van der Waals surface area contributed by atoms with Crippen molar-refractivity contribution in [1.82, 2.24) is 4.90 Å². The third-order valence-electron chi connectivity index (χ3n) is 3.87. The van der Waals surface area contributed by atoms with Gasteiger partial charge in [0.1, 0.15) is 0 Å². The summed E-state index contributed by atoms with van der Waals surface area (Å²) in [6.07, 6.45) is 3.76. The molecule has 18 heavy (non-hydrogen) atoms. The lowest BCUT2D eigenvalue weighted by Crippen LogP contribution is -2.58. The fourth-order valence-corrected chi connectivity index (χ4v) is 2.38. The van der Waals surface area contributed by atoms with Crippen LogP contribution in [0.5, 0.6) is 0 Å². The second-order valence-electron chi connectivity index (χ2n) is 5.34. The number of nitrogens with zero attached hydrogens (tertiary/aromatic N) is 1. The van der Waals surface area contributed by atoms with Gasteiger partial charge in [0, 0.05) is 13.6 Å². The van der Waals surface area contributed by atoms with Gasteiger partial charge in [-0.2, -0.15) is 0 Å². The Labute approximate surface area is 109 Å². The molecule has 3 nitrogen and oxygen atoms in total. The third-order valence-corrected chi connectivity index (χ3v) is 3.87. The number of nitrogens with two attached hydrogens (primary N) is 1. The maximum absolute atomic E-state index is 12.2. The molecule has 0 spiro atoms. The summed E-state index contributed by atoms with van der Waals surface area (Å²) >= 11 is 0. The molecule has 1 fully saturated rings. The van der Waals surface area contributed by atoms with Gasteiger partial charge in [0.15, 0.2) is 0 Å². The molecule has 1 aromatic carbocycles. The highest BCUT2D eigenvalue weighted by molar-refractivity contribution is 5.86. The van der Waals surface area contributed by atoms with Gasteiger partial charge in [-0.1, -0.05) is 31.2 Å². The summed E-state index contributed by atoms with van der Waals surface area (Å²) in [4.78, 5) is 13.9. The molecule has 0 radical (unpaired) electrons. The summed E-state index contributed by atoms with van der Waals surface area (Å²) in [6.45, 7) is 2.78. The Kier molecular flexibility index (Phi) is 3.71. The molecule has 3 heteroatoms. The van der Waals surface area contributed by atoms with E-state index in [2.05, 4.69) is 31.2 Å². The molecule has 1 aliphatic rings. The Bertz CT molecular complexity index is 421. The predicted molar refractivity (Wildman–Crippen MR) is 73.1 cm³/mol. The topological polar surface area (TPSA) is 46.3 Å². The van der Waals surface area contributed by atoms with Crippen LogP contribution in [0.25, 0.3) is 0 Å². The highest BCUT2D eigenvalue weighted by atomic mass is 16.2. The number of aryl methyl sites for hydroxylation is 1. The number of hydrogen-bond acceptors (Lipinski definition) is 2. The molecule has 0 bridgehead atoms. The highest BCUT2D eigenvalue weighted by Gasteiger charge is 2.41. The Morgan fingerprint density at radius 3 is 2.28 bits per heavy atom. The fourth-order valence-electron chi connectivity index (χ4n) is 2.38. The van der Waals surface area contributed by atoms with E-state index in [1.807, 2.05) is 7.05 Å². The smallest absolute Gasteiger partial charge is 0.242 e. The number of carbonyl (C=O) groups excluding carboxylic acids is 1. The average molecular weight is 246 g/mol. The van der Waals surface area contributed by atoms with Crippen LogP contribution in [-0.4, -0.2) is 23.4 Å². The summed E-state index contributed by atoms with van der Waals surface area (Å²) in [7, 11) is 1.84. The lowest BCUT2D eigenvalue weighted by molar-refractivity contribution is -0.139. The van der Waals surface area contributed by atoms with Gasteiger partial charge in [-0.15, -0.1) is 0 Å². The van der Waals surface area contributed by atoms with Gasteiger partial charge in [0.25, 0.3) is 0 Å². The van der Waals surface area contributed by atoms with Gasteiger partial charge in [0.2, 0.25) is 5.91 Å². The largest absolute Gasteiger partial charge is 0.340 e. The van der Waals surface area contributed by atoms with Crippen LogP contribution in [-0.2, 0) is 17.8 Å². The summed E-state index contributed by atoms with van der Waals surface area (Å²) in [5.41, 5.74) is 7.95. The standard InChI is InChI=1S/C15H22N2O/c1-3-12-5-7-13(8-6-12)11-17(2)14(18)15(16)9-4-10-15/h5-8H,3-4,9-11,16H2,1-2H3. The molecule has 2 N–H and O–H groups in total. The van der Waals surface area contributed by atoms with Crippen LogP contribution in [0.4, 0.5) is 0 Å². The molecule has 2 rings (SSSR count). The molecule has 0 saturated heterocycles. The van der Waals surface area contributed by atoms with Crippen molar-refractivity contribution in [2.24, 2.45) is 5.73 Å². The molecular formula is C15H22N2O. The van der Waals surface area contributed by atoms with E-state index >= 15 is 0 Å². The lowest BCUT2D eigenvalue weighted by atomic mass is 9.76. The second kappa shape index (κ2) is 5.11. The van der Waals surface area contributed by atoms with Gasteiger partial charge < -0.3 is 10.6 Å². The Balaban J connectivity index is 1.97. The van der Waals surface area contributed by atoms with Crippen LogP contribution in [0.2, 0.25) is 0 Å². The van der Waals surface area contributed by atoms with E-state index in [-0.39, 0.29) is 5.91 Å². The maximum atomic E-state index is 12.2. The average Bonchev–Trinajstić information content (AvgIpc) is 2.36. The number of likely N-dealkylation sites (N-methyl/N-ethyl adjacent to an activating group) is 1. The van der Waals surface area contributed by atoms with Gasteiger partial charge in [-0.05, 0) is 36.8 Å². The van der Waals surface area contributed by atoms with Crippen LogP contribution in [0.15, 0.2) is 24.3 Å². The van der Waals surface area contributed by atoms with E-state index < -0.39 is 5.54 Å². The first kappa shape index (κ1) is 13.1. The minimum absolute atomic E-state index is 0.0771. The molecule has 0 heterocycles. The summed E-state index contributed by atoms with van der Waals surface area (Å²) < 4.78 is 0. The predicted octanol–water partition coefficient (Wildman–Crippen LogP) is 2.09. The molecule has 0 unspecified atom stereocenters. The Morgan fingerprint density at radius 1 is 1.28 bits per heavy atom. The number of amides is 1. The van der Waals surface area contributed by atoms with Crippen LogP contribution in [0, 0.1) is 0 Å². The van der Waals surface area contributed by atoms with Crippen molar-refractivity contribution in [2.75, 3.05) is 7.05 Å². The van der Waals surface area contributed by atoms with Gasteiger partial charge in [-0.3, -0.25) is 4.79 Å². The van der Waals surface area contributed by atoms with E-state index in [9.17, 15) is 4.79 Å². The van der Waals surface area contributed by atoms with E-state index in [1.54, 1.807) is 4.90 Å². The first-order valence-electron chi connectivity index (χ1n) is 6.67. The first-order valence-corrected chi connectivity index (χ1v) is 6.67. The third kappa shape index (κ3) is 2.56. The second-order valence-corrected chi connectivity index (χ2v) is 5.34. The summed E-state index contributed by atoms with van der Waals surface area (Å²) in [6, 6.07) is 8.42. The minimum Gasteiger partial charge on any atom is -0.340 e. The SMILES string of the molecule is CCc1ccc(CN(C)C(=O)C2(N)CCC2)cc1. The summed E-state index contributed by atoms with van der Waals surface area (Å²) in [5, 5.41) is 0. The minimum atomic E-state index is -0.585. The monoisotopic (exact) mass is 246 g/mol. The van der Waals surface area contributed by atoms with E-state index in [4.69, 9.17) is 5.73 Å². The van der Waals surface area contributed by atoms with E-state index in [0.717, 1.165) is 31.2 Å². The zero-order chi connectivity index (χ0) is 13.2. The number of benzene rings is 1. The lowest BCUT2D eigenvalue weighted by Gasteiger charge is -2.39. The van der Waals surface area contributed by atoms with Crippen molar-refractivity contribution in [1.29, 1.82) is 0 Å². The number of carbonyl (C=O) groups is 1. The number of hydrogen-bond donors (Lipinski definition) is 1. The molecule has 0 atom stereocenters. The van der Waals surface area contributed by atoms with Crippen molar-refractivity contribution in [3.8, 4) is 0 Å². The van der Waals surface area contributed by atoms with Gasteiger partial charge in [0.05, 0.1) is 5.54 Å². The molecule has 0 aromatic heterocycles. The van der Waals surface area contributed by atoms with Crippen molar-refractivity contribution in [3.05, 3.63) is 35.4 Å². The molecule has 98 valence electrons. The maximum Gasteiger partial charge on any atom is 0.242 e. The van der Waals surface area contributed by atoms with E-state index in [1.165, 1.54) is 5.56 Å². The van der Waals surface area contributed by atoms with Crippen LogP contribution >= 0.6 is 0 Å². The molecular weight excluding hydrogens is 224 g/mol. The zero-order valence-electron chi connectivity index (χ0n) is 11.3. The van der Waals surface area contributed by atoms with Crippen LogP contribution < -0.4 is 5.73 Å². The molecule has 1 aromatic rings. The Morgan fingerprint density at radius 2 is 1.83 bits per heavy atom. The summed E-state index contributed by atoms with van der Waals surface area (Å²) in [5.74, 6) is 0.0771. The molecule has 1 saturated carbocycles. The van der Waals surface area contributed by atoms with Crippen molar-refractivity contribution in [2.45, 2.75) is 44.7 Å². The quantitative estimate of drug-likeness (QED) is 0.884. The van der Waals surface area contributed by atoms with Crippen molar-refractivity contribution >= 4 is 5.91 Å². The van der Waals surface area contributed by atoms with Crippen molar-refractivity contribution < 1.29 is 4.79 Å². The number of rotatable bonds is 4. The van der Waals surface area contributed by atoms with E-state index in [0.29, 0.717) is 6.54 Å².